The molecule has 2 unspecified atom stereocenters. The van der Waals surface area contributed by atoms with E-state index in [1.807, 2.05) is 6.92 Å². The number of amides is 1. The lowest BCUT2D eigenvalue weighted by atomic mass is 9.96. The average Bonchev–Trinajstić information content (AvgIpc) is 2.59. The highest BCUT2D eigenvalue weighted by molar-refractivity contribution is 7.89. The summed E-state index contributed by atoms with van der Waals surface area (Å²) in [5.41, 5.74) is 0. The van der Waals surface area contributed by atoms with E-state index in [2.05, 4.69) is 4.72 Å². The molecular formula is C16H31N3O5S2. The number of sulfonamides is 2. The van der Waals surface area contributed by atoms with E-state index in [1.54, 1.807) is 4.90 Å². The third kappa shape index (κ3) is 5.90. The van der Waals surface area contributed by atoms with E-state index >= 15 is 0 Å². The molecule has 0 spiro atoms. The summed E-state index contributed by atoms with van der Waals surface area (Å²) in [6.45, 7) is 3.62. The summed E-state index contributed by atoms with van der Waals surface area (Å²) in [4.78, 5) is 14.8. The first-order valence-electron chi connectivity index (χ1n) is 9.37. The molecule has 2 aliphatic rings. The summed E-state index contributed by atoms with van der Waals surface area (Å²) in [6.07, 6.45) is 5.50. The number of hydrogen-bond donors (Lipinski definition) is 1. The van der Waals surface area contributed by atoms with Gasteiger partial charge in [0, 0.05) is 26.2 Å². The van der Waals surface area contributed by atoms with Gasteiger partial charge in [-0.15, -0.1) is 0 Å². The maximum Gasteiger partial charge on any atom is 0.241 e. The molecule has 1 amide bonds. The van der Waals surface area contributed by atoms with Gasteiger partial charge in [-0.2, -0.15) is 4.31 Å². The summed E-state index contributed by atoms with van der Waals surface area (Å²) in [5, 5.41) is 0. The first-order valence-corrected chi connectivity index (χ1v) is 12.9. The molecule has 2 aliphatic heterocycles. The number of nitrogens with zero attached hydrogens (tertiary/aromatic N) is 2. The number of piperidine rings is 2. The normalized spacial score (nSPS) is 26.0. The molecular weight excluding hydrogens is 378 g/mol. The minimum atomic E-state index is -3.42. The van der Waals surface area contributed by atoms with Gasteiger partial charge in [0.1, 0.15) is 6.04 Å². The SMILES string of the molecule is CCCS(=O)(=O)N1CCCCC1C(=O)N1CCCC(CNS(C)(=O)=O)C1. The van der Waals surface area contributed by atoms with E-state index in [1.165, 1.54) is 4.31 Å². The van der Waals surface area contributed by atoms with Crippen molar-refractivity contribution in [2.24, 2.45) is 5.92 Å². The van der Waals surface area contributed by atoms with Crippen molar-refractivity contribution in [3.63, 3.8) is 0 Å². The number of rotatable bonds is 7. The van der Waals surface area contributed by atoms with E-state index in [4.69, 9.17) is 0 Å². The van der Waals surface area contributed by atoms with Crippen molar-refractivity contribution < 1.29 is 21.6 Å². The minimum absolute atomic E-state index is 0.0618. The van der Waals surface area contributed by atoms with Crippen LogP contribution in [0.4, 0.5) is 0 Å². The molecule has 0 aromatic heterocycles. The van der Waals surface area contributed by atoms with Crippen molar-refractivity contribution in [2.75, 3.05) is 38.2 Å². The molecule has 2 fully saturated rings. The Kier molecular flexibility index (Phi) is 7.46. The lowest BCUT2D eigenvalue weighted by Crippen LogP contribution is -2.55. The molecule has 10 heteroatoms. The topological polar surface area (TPSA) is 104 Å². The Morgan fingerprint density at radius 1 is 1.08 bits per heavy atom. The van der Waals surface area contributed by atoms with Gasteiger partial charge in [-0.05, 0) is 38.0 Å². The van der Waals surface area contributed by atoms with E-state index in [0.717, 1.165) is 31.9 Å². The first kappa shape index (κ1) is 21.6. The fraction of sp³-hybridized carbons (Fsp3) is 0.938. The number of carbonyl (C=O) groups is 1. The standard InChI is InChI=1S/C16H31N3O5S2/c1-3-11-26(23,24)19-10-5-4-8-15(19)16(20)18-9-6-7-14(13-18)12-17-25(2,21)22/h14-15,17H,3-13H2,1-2H3. The Morgan fingerprint density at radius 3 is 2.46 bits per heavy atom. The van der Waals surface area contributed by atoms with Gasteiger partial charge in [-0.3, -0.25) is 4.79 Å². The van der Waals surface area contributed by atoms with Crippen LogP contribution in [0.1, 0.15) is 45.4 Å². The third-order valence-corrected chi connectivity index (χ3v) is 7.79. The van der Waals surface area contributed by atoms with Crippen LogP contribution in [-0.4, -0.2) is 76.2 Å². The number of likely N-dealkylation sites (tertiary alicyclic amines) is 1. The third-order valence-electron chi connectivity index (χ3n) is 5.02. The maximum absolute atomic E-state index is 13.0. The predicted molar refractivity (Wildman–Crippen MR) is 101 cm³/mol. The summed E-state index contributed by atoms with van der Waals surface area (Å²) < 4.78 is 51.6. The minimum Gasteiger partial charge on any atom is -0.341 e. The Hall–Kier alpha value is -0.710. The van der Waals surface area contributed by atoms with Gasteiger partial charge in [-0.1, -0.05) is 13.3 Å². The van der Waals surface area contributed by atoms with Crippen LogP contribution < -0.4 is 4.72 Å². The van der Waals surface area contributed by atoms with Gasteiger partial charge < -0.3 is 4.90 Å². The quantitative estimate of drug-likeness (QED) is 0.654. The lowest BCUT2D eigenvalue weighted by Gasteiger charge is -2.39. The Labute approximate surface area is 157 Å². The van der Waals surface area contributed by atoms with Crippen molar-refractivity contribution in [1.29, 1.82) is 0 Å². The monoisotopic (exact) mass is 409 g/mol. The van der Waals surface area contributed by atoms with Crippen molar-refractivity contribution in [1.82, 2.24) is 13.9 Å². The Bertz CT molecular complexity index is 693. The first-order chi connectivity index (χ1) is 12.1. The van der Waals surface area contributed by atoms with Crippen LogP contribution in [0.2, 0.25) is 0 Å². The van der Waals surface area contributed by atoms with Crippen LogP contribution in [0, 0.1) is 5.92 Å². The molecule has 152 valence electrons. The largest absolute Gasteiger partial charge is 0.341 e. The van der Waals surface area contributed by atoms with Crippen LogP contribution in [0.25, 0.3) is 0 Å². The molecule has 0 aromatic carbocycles. The number of hydrogen-bond acceptors (Lipinski definition) is 5. The Morgan fingerprint density at radius 2 is 1.81 bits per heavy atom. The van der Waals surface area contributed by atoms with Gasteiger partial charge >= 0.3 is 0 Å². The molecule has 2 atom stereocenters. The molecule has 0 radical (unpaired) electrons. The predicted octanol–water partition coefficient (Wildman–Crippen LogP) is 0.369. The molecule has 1 N–H and O–H groups in total. The molecule has 2 saturated heterocycles. The molecule has 0 aromatic rings. The van der Waals surface area contributed by atoms with Gasteiger partial charge in [0.15, 0.2) is 0 Å². The van der Waals surface area contributed by atoms with Crippen LogP contribution in [0.5, 0.6) is 0 Å². The fourth-order valence-corrected chi connectivity index (χ4v) is 6.05. The second kappa shape index (κ2) is 8.99. The summed E-state index contributed by atoms with van der Waals surface area (Å²) in [5.74, 6) is -0.00216. The van der Waals surface area contributed by atoms with E-state index in [0.29, 0.717) is 39.0 Å². The summed E-state index contributed by atoms with van der Waals surface area (Å²) in [7, 11) is -6.67. The highest BCUT2D eigenvalue weighted by Crippen LogP contribution is 2.25. The molecule has 26 heavy (non-hydrogen) atoms. The smallest absolute Gasteiger partial charge is 0.241 e. The van der Waals surface area contributed by atoms with E-state index < -0.39 is 26.1 Å². The van der Waals surface area contributed by atoms with Gasteiger partial charge in [0.2, 0.25) is 26.0 Å². The zero-order valence-electron chi connectivity index (χ0n) is 15.7. The highest BCUT2D eigenvalue weighted by atomic mass is 32.2. The summed E-state index contributed by atoms with van der Waals surface area (Å²) >= 11 is 0. The molecule has 2 rings (SSSR count). The molecule has 2 heterocycles. The van der Waals surface area contributed by atoms with Crippen molar-refractivity contribution in [3.05, 3.63) is 0 Å². The van der Waals surface area contributed by atoms with Gasteiger partial charge in [0.05, 0.1) is 12.0 Å². The lowest BCUT2D eigenvalue weighted by molar-refractivity contribution is -0.138. The molecule has 8 nitrogen and oxygen atoms in total. The van der Waals surface area contributed by atoms with Gasteiger partial charge in [0.25, 0.3) is 0 Å². The maximum atomic E-state index is 13.0. The average molecular weight is 410 g/mol. The van der Waals surface area contributed by atoms with E-state index in [9.17, 15) is 21.6 Å². The zero-order chi connectivity index (χ0) is 19.4. The Balaban J connectivity index is 2.05. The van der Waals surface area contributed by atoms with E-state index in [-0.39, 0.29) is 17.6 Å². The zero-order valence-corrected chi connectivity index (χ0v) is 17.3. The second-order valence-corrected chi connectivity index (χ2v) is 11.2. The highest BCUT2D eigenvalue weighted by Gasteiger charge is 2.39. The van der Waals surface area contributed by atoms with Crippen LogP contribution in [0.3, 0.4) is 0 Å². The fourth-order valence-electron chi connectivity index (χ4n) is 3.77. The van der Waals surface area contributed by atoms with Crippen molar-refractivity contribution in [3.8, 4) is 0 Å². The molecule has 0 aliphatic carbocycles. The van der Waals surface area contributed by atoms with Crippen LogP contribution >= 0.6 is 0 Å². The van der Waals surface area contributed by atoms with Crippen LogP contribution in [0.15, 0.2) is 0 Å². The number of nitrogens with one attached hydrogen (secondary N) is 1. The van der Waals surface area contributed by atoms with Crippen molar-refractivity contribution >= 4 is 26.0 Å². The molecule has 0 bridgehead atoms. The molecule has 0 saturated carbocycles. The van der Waals surface area contributed by atoms with Crippen molar-refractivity contribution in [2.45, 2.75) is 51.5 Å². The number of carbonyl (C=O) groups excluding carboxylic acids is 1. The second-order valence-electron chi connectivity index (χ2n) is 7.35. The van der Waals surface area contributed by atoms with Gasteiger partial charge in [-0.25, -0.2) is 21.6 Å². The van der Waals surface area contributed by atoms with Crippen LogP contribution in [-0.2, 0) is 24.8 Å². The summed E-state index contributed by atoms with van der Waals surface area (Å²) in [6, 6.07) is -0.609.